The van der Waals surface area contributed by atoms with Gasteiger partial charge in [-0.15, -0.1) is 0 Å². The summed E-state index contributed by atoms with van der Waals surface area (Å²) in [6.45, 7) is 1.67. The summed E-state index contributed by atoms with van der Waals surface area (Å²) >= 11 is 5.95. The molecule has 0 radical (unpaired) electrons. The normalized spacial score (nSPS) is 10.3. The predicted molar refractivity (Wildman–Crippen MR) is 110 cm³/mol. The molecule has 0 bridgehead atoms. The molecule has 0 unspecified atom stereocenters. The summed E-state index contributed by atoms with van der Waals surface area (Å²) in [5.41, 5.74) is 7.54. The SMILES string of the molecule is COc1cc(N)c(Cl)cc1C(=O)OCC(=O)c1ccc(CCCNC(C)=O)cc1. The molecule has 7 nitrogen and oxygen atoms in total. The Balaban J connectivity index is 1.91. The number of methoxy groups -OCH3 is 1. The third-order valence-corrected chi connectivity index (χ3v) is 4.49. The maximum Gasteiger partial charge on any atom is 0.342 e. The summed E-state index contributed by atoms with van der Waals surface area (Å²) in [6.07, 6.45) is 1.58. The summed E-state index contributed by atoms with van der Waals surface area (Å²) in [6, 6.07) is 9.82. The number of nitrogens with two attached hydrogens (primary N) is 1. The number of nitrogens with one attached hydrogen (secondary N) is 1. The fraction of sp³-hybridized carbons (Fsp3) is 0.286. The Morgan fingerprint density at radius 1 is 1.14 bits per heavy atom. The number of hydrogen-bond donors (Lipinski definition) is 2. The van der Waals surface area contributed by atoms with Crippen LogP contribution in [0.15, 0.2) is 36.4 Å². The predicted octanol–water partition coefficient (Wildman–Crippen LogP) is 3.04. The highest BCUT2D eigenvalue weighted by Crippen LogP contribution is 2.29. The second-order valence-electron chi connectivity index (χ2n) is 6.36. The van der Waals surface area contributed by atoms with Crippen LogP contribution in [0.25, 0.3) is 0 Å². The van der Waals surface area contributed by atoms with Crippen LogP contribution >= 0.6 is 11.6 Å². The van der Waals surface area contributed by atoms with Gasteiger partial charge in [0.15, 0.2) is 12.4 Å². The van der Waals surface area contributed by atoms with E-state index in [4.69, 9.17) is 26.8 Å². The Morgan fingerprint density at radius 2 is 1.83 bits per heavy atom. The molecule has 8 heteroatoms. The lowest BCUT2D eigenvalue weighted by Gasteiger charge is -2.10. The molecule has 0 atom stereocenters. The Hall–Kier alpha value is -3.06. The number of hydrogen-bond acceptors (Lipinski definition) is 6. The van der Waals surface area contributed by atoms with Crippen molar-refractivity contribution in [1.29, 1.82) is 0 Å². The monoisotopic (exact) mass is 418 g/mol. The van der Waals surface area contributed by atoms with Crippen LogP contribution in [-0.2, 0) is 16.0 Å². The highest BCUT2D eigenvalue weighted by Gasteiger charge is 2.18. The van der Waals surface area contributed by atoms with Gasteiger partial charge in [-0.25, -0.2) is 4.79 Å². The first-order valence-electron chi connectivity index (χ1n) is 8.98. The highest BCUT2D eigenvalue weighted by atomic mass is 35.5. The van der Waals surface area contributed by atoms with Crippen molar-refractivity contribution in [3.8, 4) is 5.75 Å². The van der Waals surface area contributed by atoms with Gasteiger partial charge in [0.2, 0.25) is 5.91 Å². The third kappa shape index (κ3) is 6.50. The minimum Gasteiger partial charge on any atom is -0.496 e. The Kier molecular flexibility index (Phi) is 8.03. The molecule has 0 heterocycles. The van der Waals surface area contributed by atoms with E-state index < -0.39 is 12.6 Å². The fourth-order valence-corrected chi connectivity index (χ4v) is 2.77. The summed E-state index contributed by atoms with van der Waals surface area (Å²) in [5, 5.41) is 2.93. The standard InChI is InChI=1S/C21H23ClN2O5/c1-13(25)24-9-3-4-14-5-7-15(8-6-14)19(26)12-29-21(27)16-10-17(22)18(23)11-20(16)28-2/h5-8,10-11H,3-4,9,12,23H2,1-2H3,(H,24,25). The van der Waals surface area contributed by atoms with Crippen LogP contribution in [0.5, 0.6) is 5.75 Å². The van der Waals surface area contributed by atoms with Crippen LogP contribution in [0, 0.1) is 0 Å². The molecular formula is C21H23ClN2O5. The smallest absolute Gasteiger partial charge is 0.342 e. The number of halogens is 1. The van der Waals surface area contributed by atoms with Gasteiger partial charge >= 0.3 is 5.97 Å². The van der Waals surface area contributed by atoms with Gasteiger partial charge in [-0.2, -0.15) is 0 Å². The number of Topliss-reactive ketones (excluding diaryl/α,β-unsaturated/α-hetero) is 1. The van der Waals surface area contributed by atoms with E-state index >= 15 is 0 Å². The van der Waals surface area contributed by atoms with Crippen molar-refractivity contribution >= 4 is 34.9 Å². The number of esters is 1. The van der Waals surface area contributed by atoms with Crippen LogP contribution in [0.4, 0.5) is 5.69 Å². The van der Waals surface area contributed by atoms with E-state index in [-0.39, 0.29) is 33.7 Å². The quantitative estimate of drug-likeness (QED) is 0.280. The zero-order valence-electron chi connectivity index (χ0n) is 16.3. The molecule has 29 heavy (non-hydrogen) atoms. The topological polar surface area (TPSA) is 108 Å². The van der Waals surface area contributed by atoms with Gasteiger partial charge in [-0.3, -0.25) is 9.59 Å². The zero-order valence-corrected chi connectivity index (χ0v) is 17.0. The summed E-state index contributed by atoms with van der Waals surface area (Å²) in [5.74, 6) is -0.900. The first-order chi connectivity index (χ1) is 13.8. The van der Waals surface area contributed by atoms with Crippen LogP contribution in [0.1, 0.15) is 39.6 Å². The van der Waals surface area contributed by atoms with E-state index in [1.54, 1.807) is 12.1 Å². The average molecular weight is 419 g/mol. The van der Waals surface area contributed by atoms with Gasteiger partial charge in [0.1, 0.15) is 11.3 Å². The van der Waals surface area contributed by atoms with Crippen LogP contribution in [-0.4, -0.2) is 37.9 Å². The zero-order chi connectivity index (χ0) is 21.4. The van der Waals surface area contributed by atoms with Gasteiger partial charge in [0.05, 0.1) is 17.8 Å². The van der Waals surface area contributed by atoms with Crippen molar-refractivity contribution in [3.63, 3.8) is 0 Å². The number of rotatable bonds is 9. The molecule has 0 aliphatic rings. The summed E-state index contributed by atoms with van der Waals surface area (Å²) in [7, 11) is 1.39. The number of amides is 1. The van der Waals surface area contributed by atoms with E-state index in [1.165, 1.54) is 26.2 Å². The maximum absolute atomic E-state index is 12.3. The van der Waals surface area contributed by atoms with E-state index in [2.05, 4.69) is 5.32 Å². The van der Waals surface area contributed by atoms with Crippen LogP contribution < -0.4 is 15.8 Å². The molecule has 1 amide bonds. The minimum atomic E-state index is -0.730. The molecule has 0 spiro atoms. The van der Waals surface area contributed by atoms with Crippen molar-refractivity contribution in [2.45, 2.75) is 19.8 Å². The molecule has 2 aromatic carbocycles. The number of ether oxygens (including phenoxy) is 2. The molecule has 0 saturated heterocycles. The molecule has 3 N–H and O–H groups in total. The minimum absolute atomic E-state index is 0.0562. The number of benzene rings is 2. The molecule has 0 saturated carbocycles. The van der Waals surface area contributed by atoms with Gasteiger partial charge in [-0.05, 0) is 24.5 Å². The second kappa shape index (κ2) is 10.5. The number of carbonyl (C=O) groups is 3. The molecule has 0 aromatic heterocycles. The van der Waals surface area contributed by atoms with Crippen molar-refractivity contribution in [2.24, 2.45) is 0 Å². The maximum atomic E-state index is 12.3. The Morgan fingerprint density at radius 3 is 2.45 bits per heavy atom. The van der Waals surface area contributed by atoms with Gasteiger partial charge < -0.3 is 20.5 Å². The van der Waals surface area contributed by atoms with E-state index in [0.29, 0.717) is 12.1 Å². The lowest BCUT2D eigenvalue weighted by molar-refractivity contribution is -0.118. The number of ketones is 1. The number of anilines is 1. The Labute approximate surface area is 174 Å². The van der Waals surface area contributed by atoms with Crippen molar-refractivity contribution < 1.29 is 23.9 Å². The average Bonchev–Trinajstić information content (AvgIpc) is 2.71. The highest BCUT2D eigenvalue weighted by molar-refractivity contribution is 6.33. The number of carbonyl (C=O) groups excluding carboxylic acids is 3. The van der Waals surface area contributed by atoms with Gasteiger partial charge in [-0.1, -0.05) is 35.9 Å². The fourth-order valence-electron chi connectivity index (χ4n) is 2.60. The molecule has 2 aromatic rings. The lowest BCUT2D eigenvalue weighted by atomic mass is 10.1. The molecular weight excluding hydrogens is 396 g/mol. The number of aryl methyl sites for hydroxylation is 1. The molecule has 2 rings (SSSR count). The first kappa shape index (κ1) is 22.2. The lowest BCUT2D eigenvalue weighted by Crippen LogP contribution is -2.21. The van der Waals surface area contributed by atoms with Crippen LogP contribution in [0.2, 0.25) is 5.02 Å². The van der Waals surface area contributed by atoms with Crippen molar-refractivity contribution in [3.05, 3.63) is 58.1 Å². The van der Waals surface area contributed by atoms with E-state index in [9.17, 15) is 14.4 Å². The van der Waals surface area contributed by atoms with E-state index in [1.807, 2.05) is 12.1 Å². The molecule has 0 aliphatic carbocycles. The molecule has 0 fully saturated rings. The second-order valence-corrected chi connectivity index (χ2v) is 6.76. The summed E-state index contributed by atoms with van der Waals surface area (Å²) in [4.78, 5) is 35.4. The van der Waals surface area contributed by atoms with Gasteiger partial charge in [0, 0.05) is 25.1 Å². The third-order valence-electron chi connectivity index (χ3n) is 4.17. The Bertz CT molecular complexity index is 897. The molecule has 0 aliphatic heterocycles. The van der Waals surface area contributed by atoms with Crippen molar-refractivity contribution in [1.82, 2.24) is 5.32 Å². The largest absolute Gasteiger partial charge is 0.496 e. The summed E-state index contributed by atoms with van der Waals surface area (Å²) < 4.78 is 10.2. The van der Waals surface area contributed by atoms with Crippen molar-refractivity contribution in [2.75, 3.05) is 26.0 Å². The first-order valence-corrected chi connectivity index (χ1v) is 9.36. The number of nitrogen functional groups attached to an aromatic ring is 1. The van der Waals surface area contributed by atoms with E-state index in [0.717, 1.165) is 18.4 Å². The molecule has 154 valence electrons. The van der Waals surface area contributed by atoms with Crippen LogP contribution in [0.3, 0.4) is 0 Å². The van der Waals surface area contributed by atoms with Gasteiger partial charge in [0.25, 0.3) is 0 Å².